The molecule has 4 aromatic rings. The van der Waals surface area contributed by atoms with E-state index in [1.165, 1.54) is 12.1 Å². The highest BCUT2D eigenvalue weighted by atomic mass is 35.5. The third kappa shape index (κ3) is 6.12. The van der Waals surface area contributed by atoms with Gasteiger partial charge in [-0.15, -0.1) is 11.3 Å². The molecular formula is C37H40ClF3N8O3S. The maximum atomic E-state index is 17.4. The summed E-state index contributed by atoms with van der Waals surface area (Å²) in [6.07, 6.45) is 3.14. The fourth-order valence-corrected chi connectivity index (χ4v) is 9.96. The van der Waals surface area contributed by atoms with Crippen molar-refractivity contribution in [1.29, 1.82) is 5.26 Å². The van der Waals surface area contributed by atoms with E-state index < -0.39 is 23.3 Å². The zero-order valence-corrected chi connectivity index (χ0v) is 31.1. The van der Waals surface area contributed by atoms with Gasteiger partial charge in [-0.25, -0.2) is 18.0 Å². The summed E-state index contributed by atoms with van der Waals surface area (Å²) < 4.78 is 59.9. The molecule has 0 saturated carbocycles. The largest absolute Gasteiger partial charge is 0.489 e. The lowest BCUT2D eigenvalue weighted by Crippen LogP contribution is -2.44. The highest BCUT2D eigenvalue weighted by molar-refractivity contribution is 7.23. The van der Waals surface area contributed by atoms with Crippen molar-refractivity contribution in [2.75, 3.05) is 56.6 Å². The number of nitrogens with zero attached hydrogens (tertiary/aromatic N) is 6. The number of carbonyl (C=O) groups excluding carboxylic acids is 1. The topological polar surface area (TPSA) is 133 Å². The van der Waals surface area contributed by atoms with Gasteiger partial charge in [-0.1, -0.05) is 17.7 Å². The Kier molecular flexibility index (Phi) is 9.35. The number of anilines is 2. The number of amides is 2. The molecule has 2 aromatic heterocycles. The number of nitrogens with two attached hydrogens (primary N) is 1. The van der Waals surface area contributed by atoms with Crippen LogP contribution >= 0.6 is 22.9 Å². The molecule has 2 unspecified atom stereocenters. The van der Waals surface area contributed by atoms with Gasteiger partial charge in [0.2, 0.25) is 0 Å². The molecule has 3 fully saturated rings. The highest BCUT2D eigenvalue weighted by Crippen LogP contribution is 2.51. The van der Waals surface area contributed by atoms with Crippen molar-refractivity contribution in [3.05, 3.63) is 34.4 Å². The Bertz CT molecular complexity index is 2160. The van der Waals surface area contributed by atoms with Gasteiger partial charge in [0.25, 0.3) is 0 Å². The summed E-state index contributed by atoms with van der Waals surface area (Å²) in [4.78, 5) is 28.5. The minimum Gasteiger partial charge on any atom is -0.489 e. The number of fused-ring (bicyclic) bond motifs is 2. The molecule has 2 aromatic carbocycles. The van der Waals surface area contributed by atoms with Crippen LogP contribution in [0, 0.1) is 23.0 Å². The number of carbonyl (C=O) groups is 1. The van der Waals surface area contributed by atoms with E-state index in [9.17, 15) is 14.4 Å². The lowest BCUT2D eigenvalue weighted by molar-refractivity contribution is 0.107. The first-order chi connectivity index (χ1) is 25.5. The summed E-state index contributed by atoms with van der Waals surface area (Å²) in [6.45, 7) is 6.73. The summed E-state index contributed by atoms with van der Waals surface area (Å²) in [6, 6.07) is 4.33. The Labute approximate surface area is 313 Å². The van der Waals surface area contributed by atoms with E-state index in [0.717, 1.165) is 43.6 Å². The molecule has 0 radical (unpaired) electrons. The van der Waals surface area contributed by atoms with Crippen LogP contribution in [-0.2, 0) is 0 Å². The van der Waals surface area contributed by atoms with Crippen LogP contribution in [0.2, 0.25) is 5.02 Å². The van der Waals surface area contributed by atoms with Gasteiger partial charge >= 0.3 is 12.0 Å². The van der Waals surface area contributed by atoms with Gasteiger partial charge in [0.15, 0.2) is 11.6 Å². The van der Waals surface area contributed by atoms with Gasteiger partial charge in [0.1, 0.15) is 47.6 Å². The van der Waals surface area contributed by atoms with Gasteiger partial charge in [0.05, 0.1) is 32.8 Å². The molecule has 0 aliphatic carbocycles. The van der Waals surface area contributed by atoms with E-state index in [-0.39, 0.29) is 90.8 Å². The van der Waals surface area contributed by atoms with E-state index in [0.29, 0.717) is 44.8 Å². The maximum Gasteiger partial charge on any atom is 0.319 e. The Balaban J connectivity index is 1.27. The van der Waals surface area contributed by atoms with Crippen LogP contribution in [0.5, 0.6) is 11.8 Å². The van der Waals surface area contributed by atoms with Crippen LogP contribution in [-0.4, -0.2) is 95.5 Å². The van der Waals surface area contributed by atoms with E-state index in [1.807, 2.05) is 24.8 Å². The number of benzene rings is 2. The number of rotatable bonds is 6. The van der Waals surface area contributed by atoms with E-state index in [4.69, 9.17) is 31.8 Å². The number of urea groups is 1. The molecule has 2 amide bonds. The fourth-order valence-electron chi connectivity index (χ4n) is 8.67. The number of nitrogens with one attached hydrogen (secondary N) is 1. The average Bonchev–Trinajstić information content (AvgIpc) is 3.62. The van der Waals surface area contributed by atoms with Crippen molar-refractivity contribution in [1.82, 2.24) is 25.1 Å². The van der Waals surface area contributed by atoms with Crippen LogP contribution in [0.3, 0.4) is 0 Å². The lowest BCUT2D eigenvalue weighted by atomic mass is 9.95. The Morgan fingerprint density at radius 3 is 2.83 bits per heavy atom. The first kappa shape index (κ1) is 35.8. The van der Waals surface area contributed by atoms with Gasteiger partial charge < -0.3 is 30.3 Å². The molecule has 4 aliphatic rings. The van der Waals surface area contributed by atoms with Gasteiger partial charge in [-0.3, -0.25) is 4.90 Å². The zero-order chi connectivity index (χ0) is 37.2. The van der Waals surface area contributed by atoms with Crippen LogP contribution in [0.4, 0.5) is 28.8 Å². The lowest BCUT2D eigenvalue weighted by Gasteiger charge is -2.32. The van der Waals surface area contributed by atoms with Crippen molar-refractivity contribution < 1.29 is 27.4 Å². The summed E-state index contributed by atoms with van der Waals surface area (Å²) in [5.41, 5.74) is 5.58. The van der Waals surface area contributed by atoms with Crippen molar-refractivity contribution in [3.8, 4) is 29.0 Å². The van der Waals surface area contributed by atoms with E-state index >= 15 is 8.78 Å². The fraction of sp³-hybridized carbons (Fsp3) is 0.514. The molecule has 0 spiro atoms. The molecule has 3 saturated heterocycles. The molecule has 16 heteroatoms. The number of nitriles is 1. The molecule has 11 nitrogen and oxygen atoms in total. The molecule has 6 heterocycles. The minimum atomic E-state index is -0.965. The molecule has 3 atom stereocenters. The number of halogens is 4. The Morgan fingerprint density at radius 2 is 2.04 bits per heavy atom. The van der Waals surface area contributed by atoms with Gasteiger partial charge in [-0.2, -0.15) is 15.2 Å². The second-order valence-electron chi connectivity index (χ2n) is 14.7. The number of nitrogen functional groups attached to an aromatic ring is 1. The van der Waals surface area contributed by atoms with Crippen molar-refractivity contribution in [2.24, 2.45) is 0 Å². The normalized spacial score (nSPS) is 23.2. The second kappa shape index (κ2) is 13.9. The molecule has 3 N–H and O–H groups in total. The molecule has 8 rings (SSSR count). The monoisotopic (exact) mass is 768 g/mol. The van der Waals surface area contributed by atoms with E-state index in [2.05, 4.69) is 20.1 Å². The van der Waals surface area contributed by atoms with Crippen molar-refractivity contribution in [3.63, 3.8) is 0 Å². The standard InChI is InChI=1S/C37H40ClF3N8O3S/c1-19(2)44-36(50)47-10-3-5-21(8-12-47)49-13-14-51-31-27-30(45-35(46-34(27)49)52-18-37-9-4-11-48(37)17-20(39)15-37)29(41)26(28(31)38)22-6-7-24(40)32-25(22)23(16-42)33(43)53-32/h6-7,19-21H,3-5,8-15,17-18,43H2,1-2H3,(H,44,50)/t20-,21?,37?/m1/s1. The minimum absolute atomic E-state index is 0.00327. The predicted molar refractivity (Wildman–Crippen MR) is 199 cm³/mol. The molecule has 53 heavy (non-hydrogen) atoms. The van der Waals surface area contributed by atoms with Gasteiger partial charge in [-0.05, 0) is 64.1 Å². The number of hydrogen-bond donors (Lipinski definition) is 2. The number of alkyl halides is 1. The maximum absolute atomic E-state index is 17.4. The third-order valence-corrected chi connectivity index (χ3v) is 12.4. The van der Waals surface area contributed by atoms with Crippen molar-refractivity contribution in [2.45, 2.75) is 76.2 Å². The zero-order valence-electron chi connectivity index (χ0n) is 29.5. The van der Waals surface area contributed by atoms with Crippen molar-refractivity contribution >= 4 is 60.8 Å². The number of likely N-dealkylation sites (tertiary alicyclic amines) is 1. The van der Waals surface area contributed by atoms with Crippen LogP contribution in [0.15, 0.2) is 12.1 Å². The van der Waals surface area contributed by atoms with E-state index in [1.54, 1.807) is 0 Å². The first-order valence-electron chi connectivity index (χ1n) is 18.1. The summed E-state index contributed by atoms with van der Waals surface area (Å²) in [5, 5.41) is 13.4. The quantitative estimate of drug-likeness (QED) is 0.212. The van der Waals surface area contributed by atoms with Crippen LogP contribution < -0.4 is 25.4 Å². The van der Waals surface area contributed by atoms with Crippen LogP contribution in [0.25, 0.3) is 32.1 Å². The summed E-state index contributed by atoms with van der Waals surface area (Å²) >= 11 is 8.00. The molecule has 0 bridgehead atoms. The second-order valence-corrected chi connectivity index (χ2v) is 16.1. The Hall–Kier alpha value is -4.26. The number of ether oxygens (including phenoxy) is 2. The third-order valence-electron chi connectivity index (χ3n) is 11.1. The SMILES string of the molecule is CC(C)NC(=O)N1CCCC(N2CCOc3c(Cl)c(-c4ccc(F)c5sc(N)c(C#N)c45)c(F)c4nc(OCC56CCCN5C[C@H](F)C6)nc2c34)CC1. The van der Waals surface area contributed by atoms with Crippen LogP contribution in [0.1, 0.15) is 57.9 Å². The predicted octanol–water partition coefficient (Wildman–Crippen LogP) is 7.02. The number of aromatic nitrogens is 2. The first-order valence-corrected chi connectivity index (χ1v) is 19.3. The molecular weight excluding hydrogens is 729 g/mol. The molecule has 4 aliphatic heterocycles. The number of hydrogen-bond acceptors (Lipinski definition) is 10. The average molecular weight is 769 g/mol. The van der Waals surface area contributed by atoms with Gasteiger partial charge in [0, 0.05) is 49.1 Å². The number of thiophene rings is 1. The summed E-state index contributed by atoms with van der Waals surface area (Å²) in [5.74, 6) is -0.884. The highest BCUT2D eigenvalue weighted by Gasteiger charge is 2.49. The molecule has 280 valence electrons. The smallest absolute Gasteiger partial charge is 0.319 e. The summed E-state index contributed by atoms with van der Waals surface area (Å²) in [7, 11) is 0. The Morgan fingerprint density at radius 1 is 1.21 bits per heavy atom.